The van der Waals surface area contributed by atoms with Crippen molar-refractivity contribution in [3.8, 4) is 0 Å². The number of aromatic nitrogens is 1. The van der Waals surface area contributed by atoms with Crippen LogP contribution in [0.3, 0.4) is 0 Å². The molecule has 6 heteroatoms. The van der Waals surface area contributed by atoms with Gasteiger partial charge >= 0.3 is 0 Å². The second-order valence-electron chi connectivity index (χ2n) is 4.66. The number of rotatable bonds is 6. The van der Waals surface area contributed by atoms with E-state index in [2.05, 4.69) is 20.9 Å². The van der Waals surface area contributed by atoms with Gasteiger partial charge in [0, 0.05) is 24.3 Å². The van der Waals surface area contributed by atoms with Crippen LogP contribution in [0.5, 0.6) is 0 Å². The molecular formula is C16H16BrClN2O2. The first kappa shape index (κ1) is 16.9. The largest absolute Gasteiger partial charge is 0.383 e. The minimum Gasteiger partial charge on any atom is -0.383 e. The Hall–Kier alpha value is -1.43. The molecular weight excluding hydrogens is 368 g/mol. The molecule has 1 heterocycles. The van der Waals surface area contributed by atoms with E-state index in [1.807, 2.05) is 18.2 Å². The number of halogens is 2. The monoisotopic (exact) mass is 382 g/mol. The molecule has 1 aromatic heterocycles. The van der Waals surface area contributed by atoms with Crippen molar-refractivity contribution in [1.82, 2.24) is 9.88 Å². The highest BCUT2D eigenvalue weighted by molar-refractivity contribution is 9.10. The third-order valence-corrected chi connectivity index (χ3v) is 3.90. The van der Waals surface area contributed by atoms with Gasteiger partial charge in [-0.05, 0) is 30.3 Å². The Bertz CT molecular complexity index is 637. The average Bonchev–Trinajstić information content (AvgIpc) is 2.52. The first-order chi connectivity index (χ1) is 10.6. The lowest BCUT2D eigenvalue weighted by atomic mass is 10.2. The Morgan fingerprint density at radius 3 is 2.82 bits per heavy atom. The zero-order valence-corrected chi connectivity index (χ0v) is 14.5. The molecule has 0 saturated heterocycles. The highest BCUT2D eigenvalue weighted by Gasteiger charge is 2.19. The molecule has 0 aliphatic carbocycles. The van der Waals surface area contributed by atoms with Crippen molar-refractivity contribution in [1.29, 1.82) is 0 Å². The summed E-state index contributed by atoms with van der Waals surface area (Å²) in [6.45, 7) is 1.33. The van der Waals surface area contributed by atoms with E-state index in [9.17, 15) is 4.79 Å². The van der Waals surface area contributed by atoms with E-state index in [0.717, 1.165) is 10.2 Å². The van der Waals surface area contributed by atoms with Gasteiger partial charge in [-0.1, -0.05) is 33.6 Å². The number of hydrogen-bond donors (Lipinski definition) is 0. The SMILES string of the molecule is COCCN(Cc1ccccn1)C(=O)c1ccc(Br)cc1Cl. The number of nitrogens with zero attached hydrogens (tertiary/aromatic N) is 2. The van der Waals surface area contributed by atoms with Crippen molar-refractivity contribution in [2.75, 3.05) is 20.3 Å². The van der Waals surface area contributed by atoms with Gasteiger partial charge in [-0.2, -0.15) is 0 Å². The second-order valence-corrected chi connectivity index (χ2v) is 5.99. The molecule has 0 saturated carbocycles. The number of ether oxygens (including phenoxy) is 1. The number of benzene rings is 1. The van der Waals surface area contributed by atoms with Crippen molar-refractivity contribution in [2.45, 2.75) is 6.54 Å². The van der Waals surface area contributed by atoms with Crippen molar-refractivity contribution in [3.63, 3.8) is 0 Å². The van der Waals surface area contributed by atoms with E-state index < -0.39 is 0 Å². The summed E-state index contributed by atoms with van der Waals surface area (Å²) in [4.78, 5) is 18.7. The Morgan fingerprint density at radius 2 is 2.18 bits per heavy atom. The average molecular weight is 384 g/mol. The fourth-order valence-electron chi connectivity index (χ4n) is 1.97. The van der Waals surface area contributed by atoms with E-state index in [1.54, 1.807) is 36.4 Å². The molecule has 0 N–H and O–H groups in total. The molecule has 0 aliphatic rings. The summed E-state index contributed by atoms with van der Waals surface area (Å²) in [6, 6.07) is 10.9. The molecule has 1 amide bonds. The molecule has 0 atom stereocenters. The number of carbonyl (C=O) groups is 1. The van der Waals surface area contributed by atoms with Gasteiger partial charge in [0.2, 0.25) is 0 Å². The molecule has 2 aromatic rings. The Balaban J connectivity index is 2.22. The molecule has 4 nitrogen and oxygen atoms in total. The van der Waals surface area contributed by atoms with Gasteiger partial charge in [0.05, 0.1) is 29.4 Å². The third kappa shape index (κ3) is 4.53. The number of carbonyl (C=O) groups excluding carboxylic acids is 1. The normalized spacial score (nSPS) is 10.5. The lowest BCUT2D eigenvalue weighted by Crippen LogP contribution is -2.34. The number of amides is 1. The van der Waals surface area contributed by atoms with Crippen LogP contribution in [0.2, 0.25) is 5.02 Å². The van der Waals surface area contributed by atoms with Crippen LogP contribution in [0.25, 0.3) is 0 Å². The fourth-order valence-corrected chi connectivity index (χ4v) is 2.73. The standard InChI is InChI=1S/C16H16BrClN2O2/c1-22-9-8-20(11-13-4-2-3-7-19-13)16(21)14-6-5-12(17)10-15(14)18/h2-7,10H,8-9,11H2,1H3. The van der Waals surface area contributed by atoms with E-state index in [0.29, 0.717) is 30.3 Å². The van der Waals surface area contributed by atoms with Gasteiger partial charge in [0.15, 0.2) is 0 Å². The van der Waals surface area contributed by atoms with Crippen molar-refractivity contribution in [3.05, 3.63) is 63.3 Å². The van der Waals surface area contributed by atoms with Crippen LogP contribution in [0.1, 0.15) is 16.1 Å². The van der Waals surface area contributed by atoms with Gasteiger partial charge in [0.1, 0.15) is 0 Å². The highest BCUT2D eigenvalue weighted by atomic mass is 79.9. The lowest BCUT2D eigenvalue weighted by Gasteiger charge is -2.22. The molecule has 0 bridgehead atoms. The van der Waals surface area contributed by atoms with E-state index in [1.165, 1.54) is 0 Å². The van der Waals surface area contributed by atoms with Crippen LogP contribution in [-0.2, 0) is 11.3 Å². The maximum Gasteiger partial charge on any atom is 0.255 e. The van der Waals surface area contributed by atoms with E-state index in [4.69, 9.17) is 16.3 Å². The Labute approximate surface area is 143 Å². The molecule has 0 spiro atoms. The predicted octanol–water partition coefficient (Wildman–Crippen LogP) is 3.79. The summed E-state index contributed by atoms with van der Waals surface area (Å²) in [6.07, 6.45) is 1.71. The minimum atomic E-state index is -0.139. The quantitative estimate of drug-likeness (QED) is 0.762. The summed E-state index contributed by atoms with van der Waals surface area (Å²) < 4.78 is 5.93. The van der Waals surface area contributed by atoms with Crippen LogP contribution in [0.4, 0.5) is 0 Å². The summed E-state index contributed by atoms with van der Waals surface area (Å²) in [5.74, 6) is -0.139. The van der Waals surface area contributed by atoms with Crippen molar-refractivity contribution >= 4 is 33.4 Å². The smallest absolute Gasteiger partial charge is 0.255 e. The van der Waals surface area contributed by atoms with Crippen LogP contribution < -0.4 is 0 Å². The van der Waals surface area contributed by atoms with Crippen LogP contribution in [0, 0.1) is 0 Å². The molecule has 2 rings (SSSR count). The van der Waals surface area contributed by atoms with Gasteiger partial charge in [-0.25, -0.2) is 0 Å². The zero-order valence-electron chi connectivity index (χ0n) is 12.1. The van der Waals surface area contributed by atoms with Gasteiger partial charge in [-0.3, -0.25) is 9.78 Å². The topological polar surface area (TPSA) is 42.4 Å². The van der Waals surface area contributed by atoms with Gasteiger partial charge in [0.25, 0.3) is 5.91 Å². The summed E-state index contributed by atoms with van der Waals surface area (Å²) in [7, 11) is 1.61. The first-order valence-electron chi connectivity index (χ1n) is 6.75. The number of methoxy groups -OCH3 is 1. The highest BCUT2D eigenvalue weighted by Crippen LogP contribution is 2.23. The first-order valence-corrected chi connectivity index (χ1v) is 7.92. The lowest BCUT2D eigenvalue weighted by molar-refractivity contribution is 0.0678. The summed E-state index contributed by atoms with van der Waals surface area (Å²) in [5, 5.41) is 0.419. The van der Waals surface area contributed by atoms with E-state index >= 15 is 0 Å². The van der Waals surface area contributed by atoms with Crippen molar-refractivity contribution < 1.29 is 9.53 Å². The fraction of sp³-hybridized carbons (Fsp3) is 0.250. The molecule has 116 valence electrons. The van der Waals surface area contributed by atoms with Crippen molar-refractivity contribution in [2.24, 2.45) is 0 Å². The van der Waals surface area contributed by atoms with E-state index in [-0.39, 0.29) is 5.91 Å². The molecule has 0 radical (unpaired) electrons. The van der Waals surface area contributed by atoms with Crippen LogP contribution >= 0.6 is 27.5 Å². The number of hydrogen-bond acceptors (Lipinski definition) is 3. The third-order valence-electron chi connectivity index (χ3n) is 3.09. The molecule has 0 fully saturated rings. The Kier molecular flexibility index (Phi) is 6.36. The van der Waals surface area contributed by atoms with Crippen LogP contribution in [0.15, 0.2) is 47.1 Å². The maximum atomic E-state index is 12.7. The molecule has 1 aromatic carbocycles. The Morgan fingerprint density at radius 1 is 1.36 bits per heavy atom. The second kappa shape index (κ2) is 8.27. The molecule has 0 unspecified atom stereocenters. The maximum absolute atomic E-state index is 12.7. The van der Waals surface area contributed by atoms with Crippen LogP contribution in [-0.4, -0.2) is 36.1 Å². The summed E-state index contributed by atoms with van der Waals surface area (Å²) in [5.41, 5.74) is 1.29. The summed E-state index contributed by atoms with van der Waals surface area (Å²) >= 11 is 9.52. The predicted molar refractivity (Wildman–Crippen MR) is 90.0 cm³/mol. The minimum absolute atomic E-state index is 0.139. The van der Waals surface area contributed by atoms with Gasteiger partial charge in [-0.15, -0.1) is 0 Å². The number of pyridine rings is 1. The molecule has 0 aliphatic heterocycles. The van der Waals surface area contributed by atoms with Gasteiger partial charge < -0.3 is 9.64 Å². The molecule has 22 heavy (non-hydrogen) atoms. The zero-order chi connectivity index (χ0) is 15.9.